The van der Waals surface area contributed by atoms with Crippen LogP contribution < -0.4 is 0 Å². The van der Waals surface area contributed by atoms with Crippen LogP contribution in [0.1, 0.15) is 5.89 Å². The van der Waals surface area contributed by atoms with Crippen LogP contribution in [-0.4, -0.2) is 20.1 Å². The fourth-order valence-electron chi connectivity index (χ4n) is 0.930. The van der Waals surface area contributed by atoms with E-state index in [0.29, 0.717) is 11.5 Å². The van der Waals surface area contributed by atoms with Gasteiger partial charge in [0, 0.05) is 6.92 Å². The molecular weight excluding hydrogens is 227 g/mol. The van der Waals surface area contributed by atoms with Crippen molar-refractivity contribution in [1.82, 2.24) is 20.1 Å². The van der Waals surface area contributed by atoms with E-state index in [2.05, 4.69) is 20.1 Å². The minimum absolute atomic E-state index is 0.200. The van der Waals surface area contributed by atoms with Gasteiger partial charge >= 0.3 is 0 Å². The van der Waals surface area contributed by atoms with Crippen LogP contribution in [-0.2, 0) is 0 Å². The van der Waals surface area contributed by atoms with Gasteiger partial charge in [-0.1, -0.05) is 28.4 Å². The minimum Gasteiger partial charge on any atom is -0.339 e. The summed E-state index contributed by atoms with van der Waals surface area (Å²) in [7, 11) is 0. The van der Waals surface area contributed by atoms with Crippen molar-refractivity contribution in [3.05, 3.63) is 22.5 Å². The van der Waals surface area contributed by atoms with Gasteiger partial charge in [0.15, 0.2) is 0 Å². The van der Waals surface area contributed by atoms with E-state index >= 15 is 0 Å². The Kier molecular flexibility index (Phi) is 2.35. The summed E-state index contributed by atoms with van der Waals surface area (Å²) < 4.78 is 4.79. The highest BCUT2D eigenvalue weighted by atomic mass is 35.5. The standard InChI is InChI=1S/C7H4Cl2N4O/c1-3-12-7(13-14-3)4-5(8)10-2-11-6(4)9/h2H,1H3. The Morgan fingerprint density at radius 3 is 2.36 bits per heavy atom. The summed E-state index contributed by atoms with van der Waals surface area (Å²) in [4.78, 5) is 11.5. The highest BCUT2D eigenvalue weighted by molar-refractivity contribution is 6.37. The van der Waals surface area contributed by atoms with Gasteiger partial charge in [-0.25, -0.2) is 9.97 Å². The third kappa shape index (κ3) is 1.56. The van der Waals surface area contributed by atoms with E-state index in [1.54, 1.807) is 6.92 Å². The zero-order valence-electron chi connectivity index (χ0n) is 7.03. The monoisotopic (exact) mass is 230 g/mol. The Morgan fingerprint density at radius 1 is 1.21 bits per heavy atom. The second kappa shape index (κ2) is 3.51. The number of halogens is 2. The lowest BCUT2D eigenvalue weighted by Crippen LogP contribution is -1.89. The maximum Gasteiger partial charge on any atom is 0.223 e. The second-order valence-corrected chi connectivity index (χ2v) is 3.18. The van der Waals surface area contributed by atoms with Crippen molar-refractivity contribution in [2.24, 2.45) is 0 Å². The molecule has 0 saturated heterocycles. The van der Waals surface area contributed by atoms with Crippen molar-refractivity contribution in [1.29, 1.82) is 0 Å². The summed E-state index contributed by atoms with van der Waals surface area (Å²) in [5.41, 5.74) is 0.382. The van der Waals surface area contributed by atoms with E-state index in [0.717, 1.165) is 0 Å². The van der Waals surface area contributed by atoms with Gasteiger partial charge in [0.2, 0.25) is 11.7 Å². The smallest absolute Gasteiger partial charge is 0.223 e. The van der Waals surface area contributed by atoms with Crippen LogP contribution in [0.3, 0.4) is 0 Å². The molecule has 0 fully saturated rings. The van der Waals surface area contributed by atoms with Crippen LogP contribution in [0.4, 0.5) is 0 Å². The predicted octanol–water partition coefficient (Wildman–Crippen LogP) is 2.14. The van der Waals surface area contributed by atoms with Crippen LogP contribution in [0.2, 0.25) is 10.3 Å². The zero-order valence-corrected chi connectivity index (χ0v) is 8.54. The van der Waals surface area contributed by atoms with Gasteiger partial charge in [-0.3, -0.25) is 0 Å². The first-order chi connectivity index (χ1) is 6.68. The van der Waals surface area contributed by atoms with E-state index in [4.69, 9.17) is 27.7 Å². The molecule has 2 aromatic heterocycles. The molecule has 0 N–H and O–H groups in total. The summed E-state index contributed by atoms with van der Waals surface area (Å²) in [6.07, 6.45) is 1.26. The Hall–Kier alpha value is -1.20. The first-order valence-electron chi connectivity index (χ1n) is 3.65. The molecule has 0 spiro atoms. The Morgan fingerprint density at radius 2 is 1.86 bits per heavy atom. The molecule has 2 heterocycles. The zero-order chi connectivity index (χ0) is 10.1. The lowest BCUT2D eigenvalue weighted by molar-refractivity contribution is 0.394. The maximum absolute atomic E-state index is 5.82. The molecule has 0 aromatic carbocycles. The minimum atomic E-state index is 0.200. The van der Waals surface area contributed by atoms with Crippen molar-refractivity contribution >= 4 is 23.2 Å². The fourth-order valence-corrected chi connectivity index (χ4v) is 1.41. The Bertz CT molecular complexity index is 450. The van der Waals surface area contributed by atoms with Crippen molar-refractivity contribution in [2.75, 3.05) is 0 Å². The number of nitrogens with zero attached hydrogens (tertiary/aromatic N) is 4. The SMILES string of the molecule is Cc1nc(-c2c(Cl)ncnc2Cl)no1. The number of hydrogen-bond acceptors (Lipinski definition) is 5. The normalized spacial score (nSPS) is 10.5. The molecule has 5 nitrogen and oxygen atoms in total. The van der Waals surface area contributed by atoms with Crippen LogP contribution in [0, 0.1) is 6.92 Å². The van der Waals surface area contributed by atoms with Crippen molar-refractivity contribution in [3.8, 4) is 11.4 Å². The van der Waals surface area contributed by atoms with E-state index in [-0.39, 0.29) is 16.1 Å². The van der Waals surface area contributed by atoms with Gasteiger partial charge in [-0.15, -0.1) is 0 Å². The number of rotatable bonds is 1. The molecule has 72 valence electrons. The van der Waals surface area contributed by atoms with Gasteiger partial charge in [0.1, 0.15) is 16.6 Å². The summed E-state index contributed by atoms with van der Waals surface area (Å²) in [5, 5.41) is 4.07. The van der Waals surface area contributed by atoms with E-state index in [1.165, 1.54) is 6.33 Å². The van der Waals surface area contributed by atoms with E-state index in [9.17, 15) is 0 Å². The molecule has 0 radical (unpaired) electrons. The third-order valence-corrected chi connectivity index (χ3v) is 2.08. The lowest BCUT2D eigenvalue weighted by atomic mass is 10.3. The first kappa shape index (κ1) is 9.36. The van der Waals surface area contributed by atoms with Crippen molar-refractivity contribution < 1.29 is 4.52 Å². The average Bonchev–Trinajstić information content (AvgIpc) is 2.51. The largest absolute Gasteiger partial charge is 0.339 e. The summed E-state index contributed by atoms with van der Waals surface area (Å²) >= 11 is 11.6. The molecule has 0 amide bonds. The third-order valence-electron chi connectivity index (χ3n) is 1.51. The fraction of sp³-hybridized carbons (Fsp3) is 0.143. The summed E-state index contributed by atoms with van der Waals surface area (Å²) in [6.45, 7) is 1.67. The first-order valence-corrected chi connectivity index (χ1v) is 4.41. The van der Waals surface area contributed by atoms with Crippen LogP contribution >= 0.6 is 23.2 Å². The molecule has 7 heteroatoms. The Balaban J connectivity index is 2.61. The molecule has 0 aliphatic rings. The number of aromatic nitrogens is 4. The lowest BCUT2D eigenvalue weighted by Gasteiger charge is -1.98. The maximum atomic E-state index is 5.82. The molecule has 0 aliphatic heterocycles. The van der Waals surface area contributed by atoms with Crippen LogP contribution in [0.25, 0.3) is 11.4 Å². The van der Waals surface area contributed by atoms with Crippen LogP contribution in [0.15, 0.2) is 10.9 Å². The summed E-state index contributed by atoms with van der Waals surface area (Å²) in [5.74, 6) is 0.717. The highest BCUT2D eigenvalue weighted by Gasteiger charge is 2.15. The van der Waals surface area contributed by atoms with Gasteiger partial charge < -0.3 is 4.52 Å². The predicted molar refractivity (Wildman–Crippen MR) is 50.1 cm³/mol. The quantitative estimate of drug-likeness (QED) is 0.703. The number of aryl methyl sites for hydroxylation is 1. The topological polar surface area (TPSA) is 64.7 Å². The molecule has 2 aromatic rings. The van der Waals surface area contributed by atoms with E-state index < -0.39 is 0 Å². The molecule has 14 heavy (non-hydrogen) atoms. The molecular formula is C7H4Cl2N4O. The molecule has 0 bridgehead atoms. The second-order valence-electron chi connectivity index (χ2n) is 2.47. The summed E-state index contributed by atoms with van der Waals surface area (Å²) in [6, 6.07) is 0. The highest BCUT2D eigenvalue weighted by Crippen LogP contribution is 2.28. The molecule has 0 saturated carbocycles. The molecule has 0 atom stereocenters. The van der Waals surface area contributed by atoms with Crippen LogP contribution in [0.5, 0.6) is 0 Å². The van der Waals surface area contributed by atoms with Crippen molar-refractivity contribution in [3.63, 3.8) is 0 Å². The van der Waals surface area contributed by atoms with Gasteiger partial charge in [-0.05, 0) is 0 Å². The van der Waals surface area contributed by atoms with Gasteiger partial charge in [0.25, 0.3) is 0 Å². The average molecular weight is 231 g/mol. The van der Waals surface area contributed by atoms with Gasteiger partial charge in [-0.2, -0.15) is 4.98 Å². The number of hydrogen-bond donors (Lipinski definition) is 0. The molecule has 0 aliphatic carbocycles. The molecule has 2 rings (SSSR count). The van der Waals surface area contributed by atoms with Gasteiger partial charge in [0.05, 0.1) is 5.56 Å². The van der Waals surface area contributed by atoms with E-state index in [1.807, 2.05) is 0 Å². The van der Waals surface area contributed by atoms with Crippen molar-refractivity contribution in [2.45, 2.75) is 6.92 Å². The Labute approximate surface area is 89.1 Å². The molecule has 0 unspecified atom stereocenters.